The molecule has 0 radical (unpaired) electrons. The Labute approximate surface area is 197 Å². The van der Waals surface area contributed by atoms with Gasteiger partial charge in [-0.3, -0.25) is 0 Å². The van der Waals surface area contributed by atoms with Crippen LogP contribution in [0.25, 0.3) is 17.7 Å². The molecule has 0 saturated carbocycles. The number of piperidine rings is 1. The van der Waals surface area contributed by atoms with Gasteiger partial charge in [0.25, 0.3) is 0 Å². The minimum absolute atomic E-state index is 0.150. The number of nitrogens with one attached hydrogen (secondary N) is 2. The van der Waals surface area contributed by atoms with Crippen molar-refractivity contribution in [3.63, 3.8) is 0 Å². The first-order valence-electron chi connectivity index (χ1n) is 12.6. The second-order valence-corrected chi connectivity index (χ2v) is 10.4. The molecule has 5 rings (SSSR count). The zero-order valence-corrected chi connectivity index (χ0v) is 19.7. The van der Waals surface area contributed by atoms with E-state index in [-0.39, 0.29) is 12.0 Å². The lowest BCUT2D eigenvalue weighted by Crippen LogP contribution is -2.39. The van der Waals surface area contributed by atoms with Crippen molar-refractivity contribution in [2.45, 2.75) is 58.1 Å². The summed E-state index contributed by atoms with van der Waals surface area (Å²) in [7, 11) is 0. The van der Waals surface area contributed by atoms with Crippen molar-refractivity contribution < 1.29 is 10.2 Å². The fourth-order valence-corrected chi connectivity index (χ4v) is 5.64. The maximum Gasteiger partial charge on any atom is 0.152 e. The van der Waals surface area contributed by atoms with Crippen LogP contribution >= 0.6 is 0 Å². The van der Waals surface area contributed by atoms with Crippen molar-refractivity contribution in [2.24, 2.45) is 5.41 Å². The molecule has 1 aromatic heterocycles. The number of nitrogens with zero attached hydrogens (tertiary/aromatic N) is 1. The quantitative estimate of drug-likeness (QED) is 0.465. The van der Waals surface area contributed by atoms with Gasteiger partial charge in [-0.25, -0.2) is 0 Å². The summed E-state index contributed by atoms with van der Waals surface area (Å²) in [6.07, 6.45) is 13.8. The summed E-state index contributed by atoms with van der Waals surface area (Å²) < 4.78 is 0. The third-order valence-electron chi connectivity index (χ3n) is 7.41. The second kappa shape index (κ2) is 9.49. The van der Waals surface area contributed by atoms with Gasteiger partial charge in [-0.2, -0.15) is 0 Å². The van der Waals surface area contributed by atoms with E-state index in [1.165, 1.54) is 43.5 Å². The molecule has 1 aromatic carbocycles. The number of rotatable bonds is 7. The van der Waals surface area contributed by atoms with Gasteiger partial charge in [0.15, 0.2) is 6.23 Å². The number of aliphatic hydroxyl groups is 2. The molecule has 1 fully saturated rings. The van der Waals surface area contributed by atoms with Crippen LogP contribution in [0.15, 0.2) is 30.3 Å². The van der Waals surface area contributed by atoms with Crippen LogP contribution in [0.3, 0.4) is 0 Å². The Hall–Kier alpha value is -2.34. The minimum Gasteiger partial charge on any atom is -0.396 e. The lowest BCUT2D eigenvalue weighted by Gasteiger charge is -2.37. The third-order valence-corrected chi connectivity index (χ3v) is 7.41. The first-order chi connectivity index (χ1) is 16.0. The maximum atomic E-state index is 10.8. The number of aryl methyl sites for hydroxylation is 1. The smallest absolute Gasteiger partial charge is 0.152 e. The zero-order chi connectivity index (χ0) is 22.8. The van der Waals surface area contributed by atoms with Gasteiger partial charge in [-0.15, -0.1) is 0 Å². The Morgan fingerprint density at radius 3 is 2.79 bits per heavy atom. The molecule has 2 aromatic rings. The number of anilines is 1. The number of fused-ring (bicyclic) bond motifs is 2. The standard InChI is InChI=1S/C28H37N3O2/c1-28(19-31-12-4-2-5-13-31)11-10-25-22(18-28)17-26(29-25)23-16-21-15-20(7-3-6-14-32)8-9-24(21)30-27(23)33/h8-11,15-17,27,29-30,32-33H,2-7,12-14,18-19H2,1H3. The lowest BCUT2D eigenvalue weighted by molar-refractivity contribution is 0.168. The predicted molar refractivity (Wildman–Crippen MR) is 136 cm³/mol. The van der Waals surface area contributed by atoms with E-state index in [4.69, 9.17) is 5.11 Å². The molecule has 2 unspecified atom stereocenters. The van der Waals surface area contributed by atoms with E-state index in [0.29, 0.717) is 0 Å². The van der Waals surface area contributed by atoms with Crippen molar-refractivity contribution in [1.29, 1.82) is 0 Å². The Kier molecular flexibility index (Phi) is 6.46. The molecule has 1 saturated heterocycles. The van der Waals surface area contributed by atoms with Crippen LogP contribution in [0.2, 0.25) is 0 Å². The number of aromatic nitrogens is 1. The SMILES string of the molecule is CC1(CN2CCCCC2)C=Cc2[nH]c(C3=Cc4cc(CCCCO)ccc4NC3O)cc2C1. The van der Waals surface area contributed by atoms with Crippen molar-refractivity contribution in [3.8, 4) is 0 Å². The molecule has 33 heavy (non-hydrogen) atoms. The third kappa shape index (κ3) is 4.96. The number of H-pyrrole nitrogens is 1. The predicted octanol–water partition coefficient (Wildman–Crippen LogP) is 4.68. The van der Waals surface area contributed by atoms with Gasteiger partial charge in [0.2, 0.25) is 0 Å². The van der Waals surface area contributed by atoms with Crippen molar-refractivity contribution in [3.05, 3.63) is 58.4 Å². The number of aromatic amines is 1. The Balaban J connectivity index is 1.35. The highest BCUT2D eigenvalue weighted by Crippen LogP contribution is 2.37. The number of hydrogen-bond donors (Lipinski definition) is 4. The van der Waals surface area contributed by atoms with Crippen LogP contribution in [0, 0.1) is 5.41 Å². The number of likely N-dealkylation sites (tertiary alicyclic amines) is 1. The van der Waals surface area contributed by atoms with Crippen LogP contribution in [-0.2, 0) is 12.8 Å². The van der Waals surface area contributed by atoms with Crippen LogP contribution in [-0.4, -0.2) is 52.6 Å². The Bertz CT molecular complexity index is 1050. The van der Waals surface area contributed by atoms with Crippen LogP contribution < -0.4 is 5.32 Å². The van der Waals surface area contributed by atoms with Gasteiger partial charge in [0.1, 0.15) is 0 Å². The van der Waals surface area contributed by atoms with E-state index in [0.717, 1.165) is 60.4 Å². The normalized spacial score (nSPS) is 24.7. The van der Waals surface area contributed by atoms with E-state index < -0.39 is 6.23 Å². The van der Waals surface area contributed by atoms with Gasteiger partial charge in [0, 0.05) is 41.2 Å². The monoisotopic (exact) mass is 447 g/mol. The summed E-state index contributed by atoms with van der Waals surface area (Å²) in [6.45, 7) is 6.18. The number of aliphatic hydroxyl groups excluding tert-OH is 2. The zero-order valence-electron chi connectivity index (χ0n) is 19.7. The lowest BCUT2D eigenvalue weighted by atomic mass is 9.79. The van der Waals surface area contributed by atoms with E-state index in [9.17, 15) is 5.11 Å². The molecule has 5 nitrogen and oxygen atoms in total. The number of benzene rings is 1. The summed E-state index contributed by atoms with van der Waals surface area (Å²) in [4.78, 5) is 6.19. The molecule has 5 heteroatoms. The highest BCUT2D eigenvalue weighted by Gasteiger charge is 2.31. The van der Waals surface area contributed by atoms with E-state index in [1.807, 2.05) is 0 Å². The van der Waals surface area contributed by atoms with Crippen molar-refractivity contribution in [2.75, 3.05) is 31.6 Å². The first kappa shape index (κ1) is 22.5. The van der Waals surface area contributed by atoms with E-state index >= 15 is 0 Å². The van der Waals surface area contributed by atoms with E-state index in [2.05, 4.69) is 64.6 Å². The maximum absolute atomic E-state index is 10.8. The number of hydrogen-bond acceptors (Lipinski definition) is 4. The topological polar surface area (TPSA) is 71.5 Å². The van der Waals surface area contributed by atoms with E-state index in [1.54, 1.807) is 0 Å². The summed E-state index contributed by atoms with van der Waals surface area (Å²) in [5.41, 5.74) is 7.85. The highest BCUT2D eigenvalue weighted by atomic mass is 16.3. The molecule has 2 atom stereocenters. The molecular weight excluding hydrogens is 410 g/mol. The molecular formula is C28H37N3O2. The van der Waals surface area contributed by atoms with Gasteiger partial charge in [-0.05, 0) is 98.7 Å². The summed E-state index contributed by atoms with van der Waals surface area (Å²) in [5.74, 6) is 0. The molecule has 1 aliphatic carbocycles. The second-order valence-electron chi connectivity index (χ2n) is 10.4. The highest BCUT2D eigenvalue weighted by molar-refractivity contribution is 5.91. The first-order valence-corrected chi connectivity index (χ1v) is 12.6. The molecule has 0 spiro atoms. The van der Waals surface area contributed by atoms with Crippen LogP contribution in [0.4, 0.5) is 5.69 Å². The van der Waals surface area contributed by atoms with Gasteiger partial charge in [-0.1, -0.05) is 25.5 Å². The molecule has 2 aliphatic heterocycles. The van der Waals surface area contributed by atoms with Crippen LogP contribution in [0.5, 0.6) is 0 Å². The Morgan fingerprint density at radius 1 is 1.12 bits per heavy atom. The molecule has 3 aliphatic rings. The van der Waals surface area contributed by atoms with Crippen molar-refractivity contribution >= 4 is 23.4 Å². The fourth-order valence-electron chi connectivity index (χ4n) is 5.64. The van der Waals surface area contributed by atoms with Crippen molar-refractivity contribution in [1.82, 2.24) is 9.88 Å². The van der Waals surface area contributed by atoms with Crippen LogP contribution in [0.1, 0.15) is 67.1 Å². The molecule has 3 heterocycles. The minimum atomic E-state index is -0.735. The van der Waals surface area contributed by atoms with Gasteiger partial charge in [0.05, 0.1) is 0 Å². The summed E-state index contributed by atoms with van der Waals surface area (Å²) >= 11 is 0. The van der Waals surface area contributed by atoms with Gasteiger partial charge >= 0.3 is 0 Å². The summed E-state index contributed by atoms with van der Waals surface area (Å²) in [5, 5.41) is 23.1. The van der Waals surface area contributed by atoms with Gasteiger partial charge < -0.3 is 25.4 Å². The average molecular weight is 448 g/mol. The molecule has 176 valence electrons. The largest absolute Gasteiger partial charge is 0.396 e. The fraction of sp³-hybridized carbons (Fsp3) is 0.500. The summed E-state index contributed by atoms with van der Waals surface area (Å²) in [6, 6.07) is 8.59. The Morgan fingerprint density at radius 2 is 1.97 bits per heavy atom. The average Bonchev–Trinajstić information content (AvgIpc) is 3.22. The molecule has 4 N–H and O–H groups in total. The number of unbranched alkanes of at least 4 members (excludes halogenated alkanes) is 1. The molecule has 0 amide bonds. The molecule has 0 bridgehead atoms.